The summed E-state index contributed by atoms with van der Waals surface area (Å²) >= 11 is 0. The van der Waals surface area contributed by atoms with E-state index in [1.165, 1.54) is 6.07 Å². The summed E-state index contributed by atoms with van der Waals surface area (Å²) in [7, 11) is 0. The number of para-hydroxylation sites is 1. The third kappa shape index (κ3) is 3.50. The van der Waals surface area contributed by atoms with Gasteiger partial charge in [-0.1, -0.05) is 30.1 Å². The number of nitrogens with zero attached hydrogens (tertiary/aromatic N) is 3. The van der Waals surface area contributed by atoms with Crippen LogP contribution in [0.3, 0.4) is 0 Å². The molecule has 2 amide bonds. The number of hydrogen-bond donors (Lipinski definition) is 1. The maximum absolute atomic E-state index is 13.8. The number of nitrogens with one attached hydrogen (secondary N) is 1. The first-order valence-corrected chi connectivity index (χ1v) is 8.88. The molecule has 7 heteroatoms. The van der Waals surface area contributed by atoms with Crippen molar-refractivity contribution in [1.82, 2.24) is 15.0 Å². The van der Waals surface area contributed by atoms with Gasteiger partial charge in [0.2, 0.25) is 5.89 Å². The predicted octanol–water partition coefficient (Wildman–Crippen LogP) is 4.24. The van der Waals surface area contributed by atoms with Gasteiger partial charge in [0.15, 0.2) is 5.82 Å². The molecule has 0 spiro atoms. The van der Waals surface area contributed by atoms with E-state index in [1.54, 1.807) is 23.1 Å². The number of hydrogen-bond acceptors (Lipinski definition) is 4. The van der Waals surface area contributed by atoms with Crippen LogP contribution in [0.5, 0.6) is 0 Å². The Morgan fingerprint density at radius 1 is 1.20 bits per heavy atom. The summed E-state index contributed by atoms with van der Waals surface area (Å²) in [5, 5.41) is 6.74. The average Bonchev–Trinajstić information content (AvgIpc) is 3.40. The van der Waals surface area contributed by atoms with Crippen LogP contribution in [0.1, 0.15) is 62.2 Å². The summed E-state index contributed by atoms with van der Waals surface area (Å²) in [5.74, 6) is 1.20. The molecule has 0 radical (unpaired) electrons. The van der Waals surface area contributed by atoms with Crippen LogP contribution in [-0.2, 0) is 0 Å². The van der Waals surface area contributed by atoms with Gasteiger partial charge in [0.1, 0.15) is 11.9 Å². The highest BCUT2D eigenvalue weighted by atomic mass is 19.1. The second kappa shape index (κ2) is 6.82. The second-order valence-electron chi connectivity index (χ2n) is 6.73. The lowest BCUT2D eigenvalue weighted by Gasteiger charge is -2.27. The predicted molar refractivity (Wildman–Crippen MR) is 89.6 cm³/mol. The Hall–Kier alpha value is -2.44. The van der Waals surface area contributed by atoms with Crippen molar-refractivity contribution < 1.29 is 13.7 Å². The minimum absolute atomic E-state index is 0.180. The summed E-state index contributed by atoms with van der Waals surface area (Å²) in [4.78, 5) is 19.0. The Bertz CT molecular complexity index is 759. The Morgan fingerprint density at radius 2 is 2.04 bits per heavy atom. The van der Waals surface area contributed by atoms with Crippen LogP contribution in [0.4, 0.5) is 14.9 Å². The Kier molecular flexibility index (Phi) is 4.38. The van der Waals surface area contributed by atoms with Crippen LogP contribution in [-0.4, -0.2) is 27.6 Å². The Morgan fingerprint density at radius 3 is 2.84 bits per heavy atom. The fourth-order valence-electron chi connectivity index (χ4n) is 3.25. The lowest BCUT2D eigenvalue weighted by atomic mass is 10.1. The molecule has 1 N–H and O–H groups in total. The van der Waals surface area contributed by atoms with E-state index >= 15 is 0 Å². The minimum Gasteiger partial charge on any atom is -0.337 e. The summed E-state index contributed by atoms with van der Waals surface area (Å²) in [6, 6.07) is 5.58. The number of likely N-dealkylation sites (tertiary alicyclic amines) is 1. The summed E-state index contributed by atoms with van der Waals surface area (Å²) in [6.45, 7) is 0.589. The first kappa shape index (κ1) is 16.1. The molecule has 1 aliphatic heterocycles. The van der Waals surface area contributed by atoms with E-state index in [0.29, 0.717) is 18.4 Å². The molecule has 132 valence electrons. The number of carbonyl (C=O) groups is 1. The van der Waals surface area contributed by atoms with Gasteiger partial charge < -0.3 is 14.7 Å². The highest BCUT2D eigenvalue weighted by molar-refractivity contribution is 5.89. The van der Waals surface area contributed by atoms with Crippen LogP contribution >= 0.6 is 0 Å². The number of benzene rings is 1. The third-order valence-corrected chi connectivity index (χ3v) is 4.81. The van der Waals surface area contributed by atoms with E-state index in [1.807, 2.05) is 0 Å². The zero-order chi connectivity index (χ0) is 17.2. The van der Waals surface area contributed by atoms with Crippen molar-refractivity contribution in [2.24, 2.45) is 0 Å². The van der Waals surface area contributed by atoms with Gasteiger partial charge in [-0.3, -0.25) is 0 Å². The van der Waals surface area contributed by atoms with E-state index in [2.05, 4.69) is 15.5 Å². The lowest BCUT2D eigenvalue weighted by molar-refractivity contribution is 0.171. The molecule has 2 heterocycles. The molecule has 1 atom stereocenters. The van der Waals surface area contributed by atoms with E-state index in [9.17, 15) is 9.18 Å². The molecule has 1 saturated carbocycles. The second-order valence-corrected chi connectivity index (χ2v) is 6.73. The molecular formula is C18H21FN4O2. The molecule has 6 nitrogen and oxygen atoms in total. The van der Waals surface area contributed by atoms with Gasteiger partial charge in [-0.25, -0.2) is 9.18 Å². The fourth-order valence-corrected chi connectivity index (χ4v) is 3.25. The maximum atomic E-state index is 13.8. The molecule has 1 aliphatic carbocycles. The third-order valence-electron chi connectivity index (χ3n) is 4.81. The molecule has 2 aliphatic rings. The number of urea groups is 1. The molecular weight excluding hydrogens is 323 g/mol. The first-order valence-electron chi connectivity index (χ1n) is 8.88. The Labute approximate surface area is 145 Å². The molecule has 1 aromatic heterocycles. The zero-order valence-electron chi connectivity index (χ0n) is 13.9. The minimum atomic E-state index is -0.448. The smallest absolute Gasteiger partial charge is 0.322 e. The molecule has 25 heavy (non-hydrogen) atoms. The van der Waals surface area contributed by atoms with Crippen molar-refractivity contribution in [2.75, 3.05) is 11.9 Å². The summed E-state index contributed by atoms with van der Waals surface area (Å²) < 4.78 is 19.3. The Balaban J connectivity index is 1.55. The fraction of sp³-hybridized carbons (Fsp3) is 0.500. The molecule has 0 bridgehead atoms. The monoisotopic (exact) mass is 344 g/mol. The largest absolute Gasteiger partial charge is 0.337 e. The average molecular weight is 344 g/mol. The molecule has 1 saturated heterocycles. The normalized spacial score (nSPS) is 21.0. The van der Waals surface area contributed by atoms with Crippen molar-refractivity contribution in [1.29, 1.82) is 0 Å². The number of anilines is 1. The van der Waals surface area contributed by atoms with E-state index < -0.39 is 5.82 Å². The van der Waals surface area contributed by atoms with Gasteiger partial charge in [-0.2, -0.15) is 4.98 Å². The van der Waals surface area contributed by atoms with Gasteiger partial charge >= 0.3 is 6.03 Å². The van der Waals surface area contributed by atoms with E-state index in [-0.39, 0.29) is 17.8 Å². The summed E-state index contributed by atoms with van der Waals surface area (Å²) in [6.07, 6.45) is 5.92. The molecule has 2 fully saturated rings. The maximum Gasteiger partial charge on any atom is 0.322 e. The topological polar surface area (TPSA) is 71.3 Å². The zero-order valence-corrected chi connectivity index (χ0v) is 13.9. The number of halogens is 1. The highest BCUT2D eigenvalue weighted by Crippen LogP contribution is 2.39. The highest BCUT2D eigenvalue weighted by Gasteiger charge is 2.34. The number of carbonyl (C=O) groups excluding carboxylic acids is 1. The quantitative estimate of drug-likeness (QED) is 0.904. The van der Waals surface area contributed by atoms with Crippen molar-refractivity contribution in [3.05, 3.63) is 41.8 Å². The van der Waals surface area contributed by atoms with E-state index in [4.69, 9.17) is 4.52 Å². The molecule has 1 aromatic carbocycles. The van der Waals surface area contributed by atoms with Gasteiger partial charge in [-0.15, -0.1) is 0 Å². The number of aromatic nitrogens is 2. The van der Waals surface area contributed by atoms with Crippen molar-refractivity contribution in [3.8, 4) is 0 Å². The number of amides is 2. The van der Waals surface area contributed by atoms with Gasteiger partial charge in [0.05, 0.1) is 5.69 Å². The molecule has 4 rings (SSSR count). The van der Waals surface area contributed by atoms with Gasteiger partial charge in [0, 0.05) is 12.5 Å². The van der Waals surface area contributed by atoms with E-state index in [0.717, 1.165) is 44.3 Å². The SMILES string of the molecule is O=C(Nc1ccccc1F)N1CCCCCC1c1nc(C2CC2)no1. The van der Waals surface area contributed by atoms with Gasteiger partial charge in [-0.05, 0) is 37.8 Å². The van der Waals surface area contributed by atoms with Crippen molar-refractivity contribution >= 4 is 11.7 Å². The first-order chi connectivity index (χ1) is 12.2. The van der Waals surface area contributed by atoms with Crippen LogP contribution in [0.2, 0.25) is 0 Å². The van der Waals surface area contributed by atoms with Crippen LogP contribution in [0.15, 0.2) is 28.8 Å². The standard InChI is InChI=1S/C18H21FN4O2/c19-13-6-3-4-7-14(13)20-18(24)23-11-5-1-2-8-15(23)17-21-16(22-25-17)12-9-10-12/h3-4,6-7,12,15H,1-2,5,8-11H2,(H,20,24). The van der Waals surface area contributed by atoms with Crippen LogP contribution in [0, 0.1) is 5.82 Å². The summed E-state index contributed by atoms with van der Waals surface area (Å²) in [5.41, 5.74) is 0.180. The molecule has 1 unspecified atom stereocenters. The molecule has 2 aromatic rings. The van der Waals surface area contributed by atoms with Gasteiger partial charge in [0.25, 0.3) is 0 Å². The van der Waals surface area contributed by atoms with Crippen molar-refractivity contribution in [2.45, 2.75) is 50.5 Å². The van der Waals surface area contributed by atoms with Crippen molar-refractivity contribution in [3.63, 3.8) is 0 Å². The number of rotatable bonds is 3. The van der Waals surface area contributed by atoms with Crippen LogP contribution < -0.4 is 5.32 Å². The lowest BCUT2D eigenvalue weighted by Crippen LogP contribution is -2.38. The van der Waals surface area contributed by atoms with Crippen LogP contribution in [0.25, 0.3) is 0 Å².